The number of para-hydroxylation sites is 1. The molecule has 0 unspecified atom stereocenters. The van der Waals surface area contributed by atoms with Gasteiger partial charge in [0.2, 0.25) is 0 Å². The summed E-state index contributed by atoms with van der Waals surface area (Å²) >= 11 is 0. The number of ether oxygens (including phenoxy) is 1. The summed E-state index contributed by atoms with van der Waals surface area (Å²) in [6.07, 6.45) is 6.97. The molecule has 0 amide bonds. The molecule has 1 aromatic rings. The summed E-state index contributed by atoms with van der Waals surface area (Å²) in [5.41, 5.74) is 7.71. The molecule has 2 nitrogen and oxygen atoms in total. The van der Waals surface area contributed by atoms with Gasteiger partial charge in [-0.3, -0.25) is 0 Å². The molecular weight excluding hydrogens is 234 g/mol. The molecule has 0 saturated heterocycles. The minimum Gasteiger partial charge on any atom is -0.493 e. The SMILES string of the molecule is CCCOc1ccccc1C1(N)CCC(CC)CC1. The van der Waals surface area contributed by atoms with Crippen molar-refractivity contribution in [3.05, 3.63) is 29.8 Å². The zero-order valence-corrected chi connectivity index (χ0v) is 12.3. The molecule has 1 saturated carbocycles. The molecule has 0 bridgehead atoms. The molecule has 1 aliphatic carbocycles. The molecule has 1 aliphatic rings. The summed E-state index contributed by atoms with van der Waals surface area (Å²) in [4.78, 5) is 0. The molecule has 1 fully saturated rings. The Morgan fingerprint density at radius 2 is 1.89 bits per heavy atom. The summed E-state index contributed by atoms with van der Waals surface area (Å²) in [5, 5.41) is 0. The van der Waals surface area contributed by atoms with Crippen LogP contribution in [-0.2, 0) is 5.54 Å². The van der Waals surface area contributed by atoms with Crippen LogP contribution in [0.25, 0.3) is 0 Å². The molecule has 0 atom stereocenters. The molecule has 2 N–H and O–H groups in total. The van der Waals surface area contributed by atoms with Crippen molar-refractivity contribution in [2.75, 3.05) is 6.61 Å². The molecule has 0 spiro atoms. The second-order valence-corrected chi connectivity index (χ2v) is 5.85. The van der Waals surface area contributed by atoms with Gasteiger partial charge in [0.1, 0.15) is 5.75 Å². The normalized spacial score (nSPS) is 27.2. The topological polar surface area (TPSA) is 35.2 Å². The number of nitrogens with two attached hydrogens (primary N) is 1. The Morgan fingerprint density at radius 1 is 1.21 bits per heavy atom. The van der Waals surface area contributed by atoms with Crippen molar-refractivity contribution in [2.45, 2.75) is 57.9 Å². The van der Waals surface area contributed by atoms with Crippen molar-refractivity contribution >= 4 is 0 Å². The highest BCUT2D eigenvalue weighted by atomic mass is 16.5. The van der Waals surface area contributed by atoms with E-state index in [-0.39, 0.29) is 5.54 Å². The van der Waals surface area contributed by atoms with E-state index >= 15 is 0 Å². The van der Waals surface area contributed by atoms with Crippen LogP contribution >= 0.6 is 0 Å². The van der Waals surface area contributed by atoms with Gasteiger partial charge < -0.3 is 10.5 Å². The van der Waals surface area contributed by atoms with Crippen LogP contribution in [0.4, 0.5) is 0 Å². The summed E-state index contributed by atoms with van der Waals surface area (Å²) in [6, 6.07) is 8.33. The molecule has 0 heterocycles. The first-order valence-electron chi connectivity index (χ1n) is 7.70. The minimum absolute atomic E-state index is 0.185. The first kappa shape index (κ1) is 14.4. The fourth-order valence-corrected chi connectivity index (χ4v) is 3.09. The van der Waals surface area contributed by atoms with E-state index in [1.54, 1.807) is 0 Å². The lowest BCUT2D eigenvalue weighted by molar-refractivity contribution is 0.221. The van der Waals surface area contributed by atoms with E-state index in [0.717, 1.165) is 37.5 Å². The predicted molar refractivity (Wildman–Crippen MR) is 80.3 cm³/mol. The van der Waals surface area contributed by atoms with E-state index < -0.39 is 0 Å². The molecule has 1 aromatic carbocycles. The standard InChI is InChI=1S/C17H27NO/c1-3-13-19-16-8-6-5-7-15(16)17(18)11-9-14(4-2)10-12-17/h5-8,14H,3-4,9-13,18H2,1-2H3. The molecule has 0 aliphatic heterocycles. The maximum absolute atomic E-state index is 6.69. The highest BCUT2D eigenvalue weighted by molar-refractivity contribution is 5.39. The van der Waals surface area contributed by atoms with Crippen LogP contribution < -0.4 is 10.5 Å². The van der Waals surface area contributed by atoms with E-state index in [9.17, 15) is 0 Å². The van der Waals surface area contributed by atoms with Gasteiger partial charge in [0.05, 0.1) is 6.61 Å². The van der Waals surface area contributed by atoms with Crippen molar-refractivity contribution in [2.24, 2.45) is 11.7 Å². The molecular formula is C17H27NO. The fourth-order valence-electron chi connectivity index (χ4n) is 3.09. The lowest BCUT2D eigenvalue weighted by Crippen LogP contribution is -2.40. The highest BCUT2D eigenvalue weighted by Crippen LogP contribution is 2.41. The smallest absolute Gasteiger partial charge is 0.124 e. The quantitative estimate of drug-likeness (QED) is 0.861. The van der Waals surface area contributed by atoms with Gasteiger partial charge in [-0.1, -0.05) is 38.5 Å². The Bertz CT molecular complexity index is 394. The van der Waals surface area contributed by atoms with Gasteiger partial charge in [-0.2, -0.15) is 0 Å². The Balaban J connectivity index is 2.16. The second kappa shape index (κ2) is 6.42. The third kappa shape index (κ3) is 3.30. The molecule has 106 valence electrons. The number of rotatable bonds is 5. The zero-order chi connectivity index (χ0) is 13.7. The van der Waals surface area contributed by atoms with Crippen LogP contribution in [0.1, 0.15) is 57.9 Å². The van der Waals surface area contributed by atoms with Gasteiger partial charge in [0.15, 0.2) is 0 Å². The number of benzene rings is 1. The van der Waals surface area contributed by atoms with E-state index in [0.29, 0.717) is 0 Å². The van der Waals surface area contributed by atoms with Crippen molar-refractivity contribution in [1.82, 2.24) is 0 Å². The molecule has 19 heavy (non-hydrogen) atoms. The van der Waals surface area contributed by atoms with Crippen LogP contribution in [0.3, 0.4) is 0 Å². The third-order valence-corrected chi connectivity index (χ3v) is 4.46. The van der Waals surface area contributed by atoms with Gasteiger partial charge >= 0.3 is 0 Å². The van der Waals surface area contributed by atoms with Gasteiger partial charge in [-0.25, -0.2) is 0 Å². The molecule has 0 radical (unpaired) electrons. The first-order chi connectivity index (χ1) is 9.19. The van der Waals surface area contributed by atoms with Crippen LogP contribution in [-0.4, -0.2) is 6.61 Å². The zero-order valence-electron chi connectivity index (χ0n) is 12.3. The van der Waals surface area contributed by atoms with Crippen LogP contribution in [0.5, 0.6) is 5.75 Å². The Labute approximate surface area is 117 Å². The Kier molecular flexibility index (Phi) is 4.87. The molecule has 0 aromatic heterocycles. The van der Waals surface area contributed by atoms with E-state index in [2.05, 4.69) is 32.0 Å². The summed E-state index contributed by atoms with van der Waals surface area (Å²) < 4.78 is 5.88. The summed E-state index contributed by atoms with van der Waals surface area (Å²) in [7, 11) is 0. The Morgan fingerprint density at radius 3 is 2.53 bits per heavy atom. The minimum atomic E-state index is -0.185. The third-order valence-electron chi connectivity index (χ3n) is 4.46. The second-order valence-electron chi connectivity index (χ2n) is 5.85. The van der Waals surface area contributed by atoms with Gasteiger partial charge in [0.25, 0.3) is 0 Å². The number of hydrogen-bond acceptors (Lipinski definition) is 2. The average molecular weight is 261 g/mol. The van der Waals surface area contributed by atoms with Gasteiger partial charge in [-0.15, -0.1) is 0 Å². The van der Waals surface area contributed by atoms with Crippen LogP contribution in [0, 0.1) is 5.92 Å². The highest BCUT2D eigenvalue weighted by Gasteiger charge is 2.34. The monoisotopic (exact) mass is 261 g/mol. The van der Waals surface area contributed by atoms with E-state index in [1.807, 2.05) is 6.07 Å². The van der Waals surface area contributed by atoms with Gasteiger partial charge in [0, 0.05) is 11.1 Å². The van der Waals surface area contributed by atoms with Crippen molar-refractivity contribution in [1.29, 1.82) is 0 Å². The summed E-state index contributed by atoms with van der Waals surface area (Å²) in [6.45, 7) is 5.18. The fraction of sp³-hybridized carbons (Fsp3) is 0.647. The van der Waals surface area contributed by atoms with E-state index in [1.165, 1.54) is 24.8 Å². The molecule has 2 heteroatoms. The lowest BCUT2D eigenvalue weighted by atomic mass is 9.72. The average Bonchev–Trinajstić information content (AvgIpc) is 2.46. The largest absolute Gasteiger partial charge is 0.493 e. The predicted octanol–water partition coefficient (Wildman–Crippen LogP) is 4.23. The van der Waals surface area contributed by atoms with Crippen molar-refractivity contribution in [3.63, 3.8) is 0 Å². The Hall–Kier alpha value is -1.02. The van der Waals surface area contributed by atoms with Crippen molar-refractivity contribution in [3.8, 4) is 5.75 Å². The first-order valence-corrected chi connectivity index (χ1v) is 7.70. The number of hydrogen-bond donors (Lipinski definition) is 1. The lowest BCUT2D eigenvalue weighted by Gasteiger charge is -2.38. The van der Waals surface area contributed by atoms with Crippen LogP contribution in [0.15, 0.2) is 24.3 Å². The maximum Gasteiger partial charge on any atom is 0.124 e. The van der Waals surface area contributed by atoms with E-state index in [4.69, 9.17) is 10.5 Å². The van der Waals surface area contributed by atoms with Crippen LogP contribution in [0.2, 0.25) is 0 Å². The molecule has 2 rings (SSSR count). The van der Waals surface area contributed by atoms with Crippen molar-refractivity contribution < 1.29 is 4.74 Å². The summed E-state index contributed by atoms with van der Waals surface area (Å²) in [5.74, 6) is 1.85. The maximum atomic E-state index is 6.69. The van der Waals surface area contributed by atoms with Gasteiger partial charge in [-0.05, 0) is 44.1 Å².